The molecule has 1 saturated heterocycles. The summed E-state index contributed by atoms with van der Waals surface area (Å²) in [6.07, 6.45) is 6.49. The number of benzene rings is 1. The number of tetrazole rings is 1. The van der Waals surface area contributed by atoms with Crippen molar-refractivity contribution < 1.29 is 9.59 Å². The lowest BCUT2D eigenvalue weighted by molar-refractivity contribution is -0.125. The number of hydrogen-bond acceptors (Lipinski definition) is 5. The molecule has 1 aromatic carbocycles. The molecule has 2 aliphatic rings. The van der Waals surface area contributed by atoms with Crippen LogP contribution in [-0.4, -0.2) is 55.5 Å². The van der Waals surface area contributed by atoms with Gasteiger partial charge in [0.1, 0.15) is 6.04 Å². The van der Waals surface area contributed by atoms with Crippen molar-refractivity contribution in [2.45, 2.75) is 50.7 Å². The van der Waals surface area contributed by atoms with Gasteiger partial charge < -0.3 is 10.2 Å². The van der Waals surface area contributed by atoms with Crippen LogP contribution < -0.4 is 5.32 Å². The second-order valence-corrected chi connectivity index (χ2v) is 7.26. The van der Waals surface area contributed by atoms with E-state index in [1.165, 1.54) is 17.5 Å². The van der Waals surface area contributed by atoms with E-state index in [0.717, 1.165) is 25.7 Å². The van der Waals surface area contributed by atoms with Gasteiger partial charge in [0.05, 0.1) is 6.54 Å². The highest BCUT2D eigenvalue weighted by Gasteiger charge is 2.47. The first-order valence-corrected chi connectivity index (χ1v) is 9.60. The Kier molecular flexibility index (Phi) is 5.13. The van der Waals surface area contributed by atoms with E-state index in [1.807, 2.05) is 35.2 Å². The fraction of sp³-hybridized carbons (Fsp3) is 0.526. The number of nitrogens with zero attached hydrogens (tertiary/aromatic N) is 5. The molecule has 1 N–H and O–H groups in total. The first kappa shape index (κ1) is 17.6. The number of likely N-dealkylation sites (tertiary alicyclic amines) is 1. The molecule has 2 amide bonds. The van der Waals surface area contributed by atoms with Gasteiger partial charge in [0.15, 0.2) is 6.33 Å². The number of carbonyl (C=O) groups is 2. The second-order valence-electron chi connectivity index (χ2n) is 7.26. The molecule has 0 bridgehead atoms. The highest BCUT2D eigenvalue weighted by atomic mass is 16.2. The maximum atomic E-state index is 13.2. The Morgan fingerprint density at radius 3 is 2.74 bits per heavy atom. The van der Waals surface area contributed by atoms with Crippen LogP contribution in [0.25, 0.3) is 0 Å². The van der Waals surface area contributed by atoms with E-state index in [9.17, 15) is 9.59 Å². The maximum absolute atomic E-state index is 13.2. The predicted octanol–water partition coefficient (Wildman–Crippen LogP) is 1.26. The van der Waals surface area contributed by atoms with E-state index < -0.39 is 6.04 Å². The lowest BCUT2D eigenvalue weighted by atomic mass is 9.84. The normalized spacial score (nSPS) is 24.4. The summed E-state index contributed by atoms with van der Waals surface area (Å²) in [5, 5.41) is 14.3. The molecule has 27 heavy (non-hydrogen) atoms. The molecule has 1 aliphatic heterocycles. The van der Waals surface area contributed by atoms with E-state index >= 15 is 0 Å². The van der Waals surface area contributed by atoms with Crippen LogP contribution in [0.15, 0.2) is 36.7 Å². The summed E-state index contributed by atoms with van der Waals surface area (Å²) in [5.41, 5.74) is 0.647. The van der Waals surface area contributed by atoms with Crippen LogP contribution >= 0.6 is 0 Å². The van der Waals surface area contributed by atoms with Crippen molar-refractivity contribution in [2.75, 3.05) is 6.54 Å². The fourth-order valence-electron chi connectivity index (χ4n) is 4.40. The van der Waals surface area contributed by atoms with E-state index in [-0.39, 0.29) is 17.9 Å². The molecular weight excluding hydrogens is 344 g/mol. The van der Waals surface area contributed by atoms with Gasteiger partial charge >= 0.3 is 0 Å². The van der Waals surface area contributed by atoms with Gasteiger partial charge in [-0.2, -0.15) is 4.80 Å². The van der Waals surface area contributed by atoms with Crippen LogP contribution in [0.5, 0.6) is 0 Å². The summed E-state index contributed by atoms with van der Waals surface area (Å²) in [4.78, 5) is 29.4. The van der Waals surface area contributed by atoms with Crippen LogP contribution in [0.2, 0.25) is 0 Å². The first-order valence-electron chi connectivity index (χ1n) is 9.60. The summed E-state index contributed by atoms with van der Waals surface area (Å²) < 4.78 is 0. The fourth-order valence-corrected chi connectivity index (χ4v) is 4.40. The number of nitrogens with one attached hydrogen (secondary N) is 1. The molecule has 3 atom stereocenters. The summed E-state index contributed by atoms with van der Waals surface area (Å²) in [5.74, 6) is 0.288. The van der Waals surface area contributed by atoms with Crippen LogP contribution in [0.1, 0.15) is 42.5 Å². The van der Waals surface area contributed by atoms with Crippen molar-refractivity contribution in [3.63, 3.8) is 0 Å². The van der Waals surface area contributed by atoms with Gasteiger partial charge in [0, 0.05) is 18.2 Å². The Balaban J connectivity index is 1.48. The van der Waals surface area contributed by atoms with E-state index in [2.05, 4.69) is 20.7 Å². The summed E-state index contributed by atoms with van der Waals surface area (Å²) in [7, 11) is 0. The number of aromatic nitrogens is 4. The lowest BCUT2D eigenvalue weighted by Gasteiger charge is -2.33. The van der Waals surface area contributed by atoms with E-state index in [0.29, 0.717) is 24.6 Å². The molecule has 1 aliphatic carbocycles. The number of carbonyl (C=O) groups excluding carboxylic acids is 2. The molecule has 1 saturated carbocycles. The van der Waals surface area contributed by atoms with Gasteiger partial charge in [-0.15, -0.1) is 10.2 Å². The van der Waals surface area contributed by atoms with Crippen molar-refractivity contribution in [1.82, 2.24) is 30.4 Å². The van der Waals surface area contributed by atoms with Crippen LogP contribution in [0.4, 0.5) is 0 Å². The monoisotopic (exact) mass is 368 g/mol. The lowest BCUT2D eigenvalue weighted by Crippen LogP contribution is -2.50. The Morgan fingerprint density at radius 2 is 1.96 bits per heavy atom. The maximum Gasteiger partial charge on any atom is 0.254 e. The van der Waals surface area contributed by atoms with Gasteiger partial charge in [-0.25, -0.2) is 0 Å². The number of fused-ring (bicyclic) bond motifs is 1. The number of hydrogen-bond donors (Lipinski definition) is 1. The SMILES string of the molecule is O=C(NCCn1ncnn1)C1CC2CCCCC2N1C(=O)c1ccccc1. The number of rotatable bonds is 5. The Bertz CT molecular complexity index is 779. The molecule has 0 radical (unpaired) electrons. The topological polar surface area (TPSA) is 93.0 Å². The Morgan fingerprint density at radius 1 is 1.15 bits per heavy atom. The quantitative estimate of drug-likeness (QED) is 0.858. The van der Waals surface area contributed by atoms with Gasteiger partial charge in [-0.3, -0.25) is 9.59 Å². The molecule has 8 nitrogen and oxygen atoms in total. The number of amides is 2. The Labute approximate surface area is 157 Å². The third-order valence-corrected chi connectivity index (χ3v) is 5.65. The molecule has 2 fully saturated rings. The standard InChI is InChI=1S/C19H24N6O2/c26-18(20-10-11-24-22-13-21-23-24)17-12-15-8-4-5-9-16(15)25(17)19(27)14-6-2-1-3-7-14/h1-3,6-7,13,15-17H,4-5,8-12H2,(H,20,26). The summed E-state index contributed by atoms with van der Waals surface area (Å²) >= 11 is 0. The molecule has 2 aromatic rings. The van der Waals surface area contributed by atoms with E-state index in [1.54, 1.807) is 0 Å². The predicted molar refractivity (Wildman–Crippen MR) is 97.6 cm³/mol. The zero-order valence-electron chi connectivity index (χ0n) is 15.2. The molecule has 142 valence electrons. The molecule has 1 aromatic heterocycles. The first-order chi connectivity index (χ1) is 13.2. The molecule has 4 rings (SSSR count). The van der Waals surface area contributed by atoms with E-state index in [4.69, 9.17) is 0 Å². The summed E-state index contributed by atoms with van der Waals surface area (Å²) in [6.45, 7) is 0.867. The van der Waals surface area contributed by atoms with Crippen molar-refractivity contribution in [1.29, 1.82) is 0 Å². The van der Waals surface area contributed by atoms with Crippen LogP contribution in [-0.2, 0) is 11.3 Å². The van der Waals surface area contributed by atoms with Crippen molar-refractivity contribution in [3.8, 4) is 0 Å². The molecule has 2 heterocycles. The van der Waals surface area contributed by atoms with Crippen molar-refractivity contribution in [3.05, 3.63) is 42.2 Å². The Hall–Kier alpha value is -2.77. The molecule has 8 heteroatoms. The van der Waals surface area contributed by atoms with Gasteiger partial charge in [-0.05, 0) is 42.5 Å². The highest BCUT2D eigenvalue weighted by Crippen LogP contribution is 2.40. The van der Waals surface area contributed by atoms with Gasteiger partial charge in [-0.1, -0.05) is 31.0 Å². The van der Waals surface area contributed by atoms with Gasteiger partial charge in [0.2, 0.25) is 5.91 Å². The average molecular weight is 368 g/mol. The minimum atomic E-state index is -0.408. The zero-order chi connectivity index (χ0) is 18.6. The molecule has 3 unspecified atom stereocenters. The summed E-state index contributed by atoms with van der Waals surface area (Å²) in [6, 6.07) is 9.03. The third kappa shape index (κ3) is 3.70. The van der Waals surface area contributed by atoms with Crippen LogP contribution in [0.3, 0.4) is 0 Å². The van der Waals surface area contributed by atoms with Gasteiger partial charge in [0.25, 0.3) is 5.91 Å². The second kappa shape index (κ2) is 7.85. The zero-order valence-corrected chi connectivity index (χ0v) is 15.2. The smallest absolute Gasteiger partial charge is 0.254 e. The van der Waals surface area contributed by atoms with Crippen molar-refractivity contribution >= 4 is 11.8 Å². The minimum absolute atomic E-state index is 0.0388. The molecule has 0 spiro atoms. The third-order valence-electron chi connectivity index (χ3n) is 5.65. The van der Waals surface area contributed by atoms with Crippen LogP contribution in [0, 0.1) is 5.92 Å². The van der Waals surface area contributed by atoms with Crippen molar-refractivity contribution in [2.24, 2.45) is 5.92 Å². The largest absolute Gasteiger partial charge is 0.352 e. The average Bonchev–Trinajstić information content (AvgIpc) is 3.35. The highest BCUT2D eigenvalue weighted by molar-refractivity contribution is 5.98. The minimum Gasteiger partial charge on any atom is -0.352 e. The molecular formula is C19H24N6O2.